The lowest BCUT2D eigenvalue weighted by Crippen LogP contribution is -2.40. The smallest absolute Gasteiger partial charge is 0.338 e. The zero-order chi connectivity index (χ0) is 18.2. The number of furan rings is 1. The van der Waals surface area contributed by atoms with E-state index < -0.39 is 0 Å². The molecule has 1 aliphatic heterocycles. The molecule has 6 nitrogen and oxygen atoms in total. The Labute approximate surface area is 154 Å². The van der Waals surface area contributed by atoms with Gasteiger partial charge in [0.25, 0.3) is 0 Å². The molecule has 1 N–H and O–H groups in total. The molecule has 140 valence electrons. The van der Waals surface area contributed by atoms with E-state index in [1.165, 1.54) is 0 Å². The average Bonchev–Trinajstić information content (AvgIpc) is 3.15. The maximum absolute atomic E-state index is 11.7. The first-order chi connectivity index (χ1) is 12.8. The maximum atomic E-state index is 11.7. The predicted molar refractivity (Wildman–Crippen MR) is 99.1 cm³/mol. The molecule has 1 aromatic heterocycles. The first kappa shape index (κ1) is 18.6. The molecule has 1 saturated heterocycles. The van der Waals surface area contributed by atoms with E-state index in [9.17, 15) is 4.79 Å². The van der Waals surface area contributed by atoms with Crippen LogP contribution in [-0.4, -0.2) is 56.9 Å². The van der Waals surface area contributed by atoms with E-state index in [-0.39, 0.29) is 5.97 Å². The summed E-state index contributed by atoms with van der Waals surface area (Å²) in [5.74, 6) is 1.39. The number of nitrogens with zero attached hydrogens (tertiary/aromatic N) is 1. The molecule has 1 aromatic carbocycles. The van der Waals surface area contributed by atoms with Crippen LogP contribution >= 0.6 is 0 Å². The summed E-state index contributed by atoms with van der Waals surface area (Å²) in [4.78, 5) is 14.1. The van der Waals surface area contributed by atoms with Gasteiger partial charge in [0.1, 0.15) is 11.5 Å². The van der Waals surface area contributed by atoms with Crippen molar-refractivity contribution < 1.29 is 18.7 Å². The molecule has 2 heterocycles. The Morgan fingerprint density at radius 3 is 2.65 bits per heavy atom. The highest BCUT2D eigenvalue weighted by molar-refractivity contribution is 5.89. The van der Waals surface area contributed by atoms with Gasteiger partial charge < -0.3 is 19.2 Å². The van der Waals surface area contributed by atoms with Crippen molar-refractivity contribution in [3.8, 4) is 11.3 Å². The van der Waals surface area contributed by atoms with Crippen molar-refractivity contribution >= 4 is 5.97 Å². The quantitative estimate of drug-likeness (QED) is 0.578. The largest absolute Gasteiger partial charge is 0.462 e. The maximum Gasteiger partial charge on any atom is 0.338 e. The summed E-state index contributed by atoms with van der Waals surface area (Å²) in [7, 11) is 0. The minimum absolute atomic E-state index is 0.302. The van der Waals surface area contributed by atoms with Gasteiger partial charge >= 0.3 is 5.97 Å². The number of esters is 1. The summed E-state index contributed by atoms with van der Waals surface area (Å²) in [6, 6.07) is 11.2. The summed E-state index contributed by atoms with van der Waals surface area (Å²) in [5.41, 5.74) is 1.49. The number of hydrogen-bond acceptors (Lipinski definition) is 6. The zero-order valence-electron chi connectivity index (χ0n) is 15.2. The minimum atomic E-state index is -0.302. The molecule has 0 bridgehead atoms. The SMILES string of the molecule is CCOC(=O)c1ccc(-c2ccc(CNCCN3CCOCC3)o2)cc1. The standard InChI is InChI=1S/C20H26N2O4/c1-2-25-20(23)17-5-3-16(4-6-17)19-8-7-18(26-19)15-21-9-10-22-11-13-24-14-12-22/h3-8,21H,2,9-15H2,1H3. The second kappa shape index (κ2) is 9.52. The Morgan fingerprint density at radius 2 is 1.92 bits per heavy atom. The Morgan fingerprint density at radius 1 is 1.15 bits per heavy atom. The number of nitrogens with one attached hydrogen (secondary N) is 1. The molecule has 26 heavy (non-hydrogen) atoms. The van der Waals surface area contributed by atoms with E-state index in [2.05, 4.69) is 10.2 Å². The van der Waals surface area contributed by atoms with Gasteiger partial charge in [-0.05, 0) is 31.2 Å². The Balaban J connectivity index is 1.47. The number of hydrogen-bond donors (Lipinski definition) is 1. The molecule has 2 aromatic rings. The van der Waals surface area contributed by atoms with Crippen molar-refractivity contribution in [3.63, 3.8) is 0 Å². The Hall–Kier alpha value is -2.15. The van der Waals surface area contributed by atoms with Crippen LogP contribution in [0.2, 0.25) is 0 Å². The fraction of sp³-hybridized carbons (Fsp3) is 0.450. The molecule has 0 saturated carbocycles. The third-order valence-corrected chi connectivity index (χ3v) is 4.35. The molecule has 0 unspecified atom stereocenters. The van der Waals surface area contributed by atoms with Gasteiger partial charge in [-0.25, -0.2) is 4.79 Å². The van der Waals surface area contributed by atoms with Crippen molar-refractivity contribution in [2.45, 2.75) is 13.5 Å². The van der Waals surface area contributed by atoms with Crippen LogP contribution in [0, 0.1) is 0 Å². The highest BCUT2D eigenvalue weighted by atomic mass is 16.5. The second-order valence-corrected chi connectivity index (χ2v) is 6.19. The van der Waals surface area contributed by atoms with E-state index in [1.807, 2.05) is 24.3 Å². The number of carbonyl (C=O) groups is 1. The third kappa shape index (κ3) is 5.17. The average molecular weight is 358 g/mol. The molecule has 0 radical (unpaired) electrons. The molecule has 1 fully saturated rings. The molecule has 0 amide bonds. The summed E-state index contributed by atoms with van der Waals surface area (Å²) in [5, 5.41) is 3.41. The van der Waals surface area contributed by atoms with Crippen molar-refractivity contribution in [1.82, 2.24) is 10.2 Å². The number of rotatable bonds is 8. The highest BCUT2D eigenvalue weighted by Crippen LogP contribution is 2.22. The number of benzene rings is 1. The first-order valence-corrected chi connectivity index (χ1v) is 9.13. The topological polar surface area (TPSA) is 63.9 Å². The fourth-order valence-electron chi connectivity index (χ4n) is 2.89. The van der Waals surface area contributed by atoms with Gasteiger partial charge in [0, 0.05) is 31.7 Å². The van der Waals surface area contributed by atoms with Gasteiger partial charge in [0.2, 0.25) is 0 Å². The summed E-state index contributed by atoms with van der Waals surface area (Å²) in [6.07, 6.45) is 0. The monoisotopic (exact) mass is 358 g/mol. The van der Waals surface area contributed by atoms with Gasteiger partial charge in [-0.3, -0.25) is 4.90 Å². The van der Waals surface area contributed by atoms with E-state index >= 15 is 0 Å². The molecule has 0 atom stereocenters. The Kier molecular flexibility index (Phi) is 6.82. The van der Waals surface area contributed by atoms with Crippen LogP contribution in [-0.2, 0) is 16.0 Å². The van der Waals surface area contributed by atoms with Gasteiger partial charge in [-0.2, -0.15) is 0 Å². The lowest BCUT2D eigenvalue weighted by Gasteiger charge is -2.26. The van der Waals surface area contributed by atoms with Crippen LogP contribution in [0.3, 0.4) is 0 Å². The van der Waals surface area contributed by atoms with Gasteiger partial charge in [-0.15, -0.1) is 0 Å². The van der Waals surface area contributed by atoms with Gasteiger partial charge in [0.05, 0.1) is 31.9 Å². The third-order valence-electron chi connectivity index (χ3n) is 4.35. The molecule has 0 spiro atoms. The molecule has 6 heteroatoms. The number of morpholine rings is 1. The molecular formula is C20H26N2O4. The van der Waals surface area contributed by atoms with Gasteiger partial charge in [0.15, 0.2) is 0 Å². The normalized spacial score (nSPS) is 15.1. The summed E-state index contributed by atoms with van der Waals surface area (Å²) < 4.78 is 16.2. The highest BCUT2D eigenvalue weighted by Gasteiger charge is 2.10. The van der Waals surface area contributed by atoms with Crippen LogP contribution in [0.25, 0.3) is 11.3 Å². The van der Waals surface area contributed by atoms with Crippen LogP contribution in [0.15, 0.2) is 40.8 Å². The van der Waals surface area contributed by atoms with Crippen LogP contribution in [0.1, 0.15) is 23.0 Å². The van der Waals surface area contributed by atoms with E-state index in [4.69, 9.17) is 13.9 Å². The van der Waals surface area contributed by atoms with E-state index in [0.717, 1.165) is 56.5 Å². The Bertz CT molecular complexity index is 690. The molecular weight excluding hydrogens is 332 g/mol. The van der Waals surface area contributed by atoms with Crippen LogP contribution < -0.4 is 5.32 Å². The molecule has 0 aliphatic carbocycles. The lowest BCUT2D eigenvalue weighted by atomic mass is 10.1. The van der Waals surface area contributed by atoms with Crippen molar-refractivity contribution in [2.24, 2.45) is 0 Å². The van der Waals surface area contributed by atoms with E-state index in [0.29, 0.717) is 18.7 Å². The summed E-state index contributed by atoms with van der Waals surface area (Å²) in [6.45, 7) is 8.49. The predicted octanol–water partition coefficient (Wildman–Crippen LogP) is 2.55. The van der Waals surface area contributed by atoms with Crippen molar-refractivity contribution in [2.75, 3.05) is 46.0 Å². The lowest BCUT2D eigenvalue weighted by molar-refractivity contribution is 0.0383. The van der Waals surface area contributed by atoms with Gasteiger partial charge in [-0.1, -0.05) is 12.1 Å². The fourth-order valence-corrected chi connectivity index (χ4v) is 2.89. The number of ether oxygens (including phenoxy) is 2. The van der Waals surface area contributed by atoms with Crippen LogP contribution in [0.4, 0.5) is 0 Å². The van der Waals surface area contributed by atoms with E-state index in [1.54, 1.807) is 19.1 Å². The minimum Gasteiger partial charge on any atom is -0.462 e. The first-order valence-electron chi connectivity index (χ1n) is 9.13. The molecule has 1 aliphatic rings. The van der Waals surface area contributed by atoms with Crippen molar-refractivity contribution in [3.05, 3.63) is 47.7 Å². The second-order valence-electron chi connectivity index (χ2n) is 6.19. The molecule has 3 rings (SSSR count). The van der Waals surface area contributed by atoms with Crippen LogP contribution in [0.5, 0.6) is 0 Å². The summed E-state index contributed by atoms with van der Waals surface area (Å²) >= 11 is 0. The zero-order valence-corrected chi connectivity index (χ0v) is 15.2. The number of carbonyl (C=O) groups excluding carboxylic acids is 1. The van der Waals surface area contributed by atoms with Crippen molar-refractivity contribution in [1.29, 1.82) is 0 Å².